The van der Waals surface area contributed by atoms with Gasteiger partial charge in [0.15, 0.2) is 0 Å². The van der Waals surface area contributed by atoms with Crippen molar-refractivity contribution in [3.63, 3.8) is 0 Å². The molecule has 0 bridgehead atoms. The van der Waals surface area contributed by atoms with Gasteiger partial charge in [-0.25, -0.2) is 15.0 Å². The zero-order valence-electron chi connectivity index (χ0n) is 17.7. The summed E-state index contributed by atoms with van der Waals surface area (Å²) in [6, 6.07) is 13.7. The lowest BCUT2D eigenvalue weighted by atomic mass is 9.97. The van der Waals surface area contributed by atoms with Crippen LogP contribution in [0.15, 0.2) is 55.1 Å². The van der Waals surface area contributed by atoms with Crippen LogP contribution in [0.4, 0.5) is 5.82 Å². The van der Waals surface area contributed by atoms with Crippen LogP contribution in [0.1, 0.15) is 44.7 Å². The largest absolute Gasteiger partial charge is 0.372 e. The van der Waals surface area contributed by atoms with E-state index in [4.69, 9.17) is 4.98 Å². The number of aryl methyl sites for hydroxylation is 1. The number of benzene rings is 1. The molecule has 2 atom stereocenters. The molecule has 0 amide bonds. The van der Waals surface area contributed by atoms with Crippen LogP contribution in [-0.4, -0.2) is 31.6 Å². The highest BCUT2D eigenvalue weighted by Crippen LogP contribution is 2.39. The maximum atomic E-state index is 4.79. The average Bonchev–Trinajstić information content (AvgIpc) is 3.54. The zero-order chi connectivity index (χ0) is 20.8. The van der Waals surface area contributed by atoms with Gasteiger partial charge in [-0.05, 0) is 67.9 Å². The Hall–Kier alpha value is -3.41. The molecule has 4 aromatic heterocycles. The van der Waals surface area contributed by atoms with Gasteiger partial charge in [0.25, 0.3) is 0 Å². The molecule has 164 valence electrons. The lowest BCUT2D eigenvalue weighted by molar-refractivity contribution is 0.461. The first-order chi connectivity index (χ1) is 15.3. The summed E-state index contributed by atoms with van der Waals surface area (Å²) in [7, 11) is 1.91. The van der Waals surface area contributed by atoms with Gasteiger partial charge in [0, 0.05) is 36.3 Å². The second kappa shape index (κ2) is 8.26. The molecule has 6 heteroatoms. The number of pyridine rings is 1. The van der Waals surface area contributed by atoms with Crippen molar-refractivity contribution in [1.29, 1.82) is 0 Å². The van der Waals surface area contributed by atoms with Crippen LogP contribution in [0.25, 0.3) is 33.0 Å². The van der Waals surface area contributed by atoms with Gasteiger partial charge in [0.05, 0.1) is 10.9 Å². The molecule has 1 aromatic carbocycles. The van der Waals surface area contributed by atoms with Gasteiger partial charge in [-0.15, -0.1) is 0 Å². The molecular formula is C26H30N6. The first-order valence-electron chi connectivity index (χ1n) is 11.1. The fourth-order valence-corrected chi connectivity index (χ4v) is 5.24. The summed E-state index contributed by atoms with van der Waals surface area (Å²) >= 11 is 0. The van der Waals surface area contributed by atoms with Crippen molar-refractivity contribution in [3.05, 3.63) is 60.7 Å². The molecule has 1 fully saturated rings. The normalized spacial score (nSPS) is 18.4. The second-order valence-electron chi connectivity index (χ2n) is 8.74. The van der Waals surface area contributed by atoms with Gasteiger partial charge in [-0.2, -0.15) is 0 Å². The van der Waals surface area contributed by atoms with Crippen molar-refractivity contribution in [1.82, 2.24) is 24.5 Å². The maximum Gasteiger partial charge on any atom is 0.145 e. The molecule has 0 aliphatic heterocycles. The fourth-order valence-electron chi connectivity index (χ4n) is 5.24. The second-order valence-corrected chi connectivity index (χ2v) is 8.74. The molecule has 4 heterocycles. The number of nitrogens with zero attached hydrogens (tertiary/aromatic N) is 4. The predicted octanol–water partition coefficient (Wildman–Crippen LogP) is 6.11. The van der Waals surface area contributed by atoms with E-state index in [9.17, 15) is 0 Å². The van der Waals surface area contributed by atoms with Crippen LogP contribution in [0.3, 0.4) is 0 Å². The van der Waals surface area contributed by atoms with Gasteiger partial charge < -0.3 is 14.9 Å². The number of fused-ring (bicyclic) bond motifs is 3. The fraction of sp³-hybridized carbons (Fsp3) is 0.346. The summed E-state index contributed by atoms with van der Waals surface area (Å²) in [5, 5.41) is 6.65. The smallest absolute Gasteiger partial charge is 0.145 e. The Kier molecular flexibility index (Phi) is 5.29. The van der Waals surface area contributed by atoms with Crippen LogP contribution in [0.2, 0.25) is 0 Å². The highest BCUT2D eigenvalue weighted by atomic mass is 15.1. The highest BCUT2D eigenvalue weighted by molar-refractivity contribution is 5.91. The lowest BCUT2D eigenvalue weighted by Gasteiger charge is -2.15. The number of anilines is 1. The van der Waals surface area contributed by atoms with Gasteiger partial charge in [-0.1, -0.05) is 19.6 Å². The Morgan fingerprint density at radius 2 is 2.03 bits per heavy atom. The summed E-state index contributed by atoms with van der Waals surface area (Å²) in [5.74, 6) is 1.66. The van der Waals surface area contributed by atoms with Crippen molar-refractivity contribution < 1.29 is 0 Å². The van der Waals surface area contributed by atoms with Crippen molar-refractivity contribution in [2.24, 2.45) is 5.92 Å². The first kappa shape index (κ1) is 20.5. The summed E-state index contributed by atoms with van der Waals surface area (Å²) in [5.41, 5.74) is 4.47. The number of rotatable bonds is 5. The molecule has 2 unspecified atom stereocenters. The predicted molar refractivity (Wildman–Crippen MR) is 132 cm³/mol. The third kappa shape index (κ3) is 3.49. The average molecular weight is 427 g/mol. The van der Waals surface area contributed by atoms with E-state index in [0.717, 1.165) is 40.4 Å². The number of aromatic nitrogens is 5. The standard InChI is InChI=1S/C25H26N6.CH4/c1-26-24-21-9-11-31(25(21)29-15-28-24)20-7-5-16(12-20)2-3-17-4-6-18-14-19-8-10-27-23(19)30-22(18)13-17;/h4,6,8-11,13-16,20H,2-3,5,7,12H2,1H3,(H,27,30)(H,26,28,29);1H4. The molecule has 0 radical (unpaired) electrons. The summed E-state index contributed by atoms with van der Waals surface area (Å²) in [4.78, 5) is 16.9. The van der Waals surface area contributed by atoms with Gasteiger partial charge in [0.1, 0.15) is 23.4 Å². The quantitative estimate of drug-likeness (QED) is 0.355. The van der Waals surface area contributed by atoms with Crippen molar-refractivity contribution in [3.8, 4) is 0 Å². The van der Waals surface area contributed by atoms with Crippen LogP contribution in [0, 0.1) is 5.92 Å². The van der Waals surface area contributed by atoms with Gasteiger partial charge in [-0.3, -0.25) is 0 Å². The monoisotopic (exact) mass is 426 g/mol. The molecule has 6 nitrogen and oxygen atoms in total. The van der Waals surface area contributed by atoms with Gasteiger partial charge >= 0.3 is 0 Å². The van der Waals surface area contributed by atoms with Gasteiger partial charge in [0.2, 0.25) is 0 Å². The van der Waals surface area contributed by atoms with E-state index in [0.29, 0.717) is 6.04 Å². The van der Waals surface area contributed by atoms with Crippen LogP contribution < -0.4 is 5.32 Å². The Labute approximate surface area is 188 Å². The summed E-state index contributed by atoms with van der Waals surface area (Å²) < 4.78 is 2.36. The van der Waals surface area contributed by atoms with E-state index in [1.165, 1.54) is 42.0 Å². The maximum absolute atomic E-state index is 4.79. The van der Waals surface area contributed by atoms with E-state index in [2.05, 4.69) is 67.4 Å². The molecule has 2 N–H and O–H groups in total. The Morgan fingerprint density at radius 3 is 2.94 bits per heavy atom. The van der Waals surface area contributed by atoms with E-state index >= 15 is 0 Å². The molecule has 6 rings (SSSR count). The minimum Gasteiger partial charge on any atom is -0.372 e. The molecule has 0 saturated heterocycles. The first-order valence-corrected chi connectivity index (χ1v) is 11.1. The zero-order valence-corrected chi connectivity index (χ0v) is 17.7. The van der Waals surface area contributed by atoms with E-state index in [1.807, 2.05) is 13.2 Å². The topological polar surface area (TPSA) is 71.4 Å². The molecule has 32 heavy (non-hydrogen) atoms. The highest BCUT2D eigenvalue weighted by Gasteiger charge is 2.27. The third-order valence-corrected chi connectivity index (χ3v) is 6.89. The minimum absolute atomic E-state index is 0. The molecular weight excluding hydrogens is 396 g/mol. The molecule has 1 saturated carbocycles. The van der Waals surface area contributed by atoms with E-state index in [-0.39, 0.29) is 7.43 Å². The Bertz CT molecular complexity index is 1380. The number of hydrogen-bond donors (Lipinski definition) is 2. The summed E-state index contributed by atoms with van der Waals surface area (Å²) in [6.45, 7) is 0. The number of aromatic amines is 1. The Balaban J connectivity index is 0.00000216. The molecule has 0 spiro atoms. The summed E-state index contributed by atoms with van der Waals surface area (Å²) in [6.07, 6.45) is 11.8. The van der Waals surface area contributed by atoms with Crippen molar-refractivity contribution in [2.45, 2.75) is 45.6 Å². The van der Waals surface area contributed by atoms with E-state index in [1.54, 1.807) is 6.33 Å². The molecule has 5 aromatic rings. The van der Waals surface area contributed by atoms with Crippen LogP contribution >= 0.6 is 0 Å². The SMILES string of the molecule is C.CNc1ncnc2c1ccn2C1CCC(CCc2ccc3cc4cc[nH]c4nc3c2)C1. The number of hydrogen-bond acceptors (Lipinski definition) is 4. The van der Waals surface area contributed by atoms with Crippen molar-refractivity contribution >= 4 is 38.8 Å². The Morgan fingerprint density at radius 1 is 1.09 bits per heavy atom. The molecule has 1 aliphatic carbocycles. The number of H-pyrrole nitrogens is 1. The van der Waals surface area contributed by atoms with Crippen LogP contribution in [-0.2, 0) is 6.42 Å². The third-order valence-electron chi connectivity index (χ3n) is 6.89. The minimum atomic E-state index is 0. The molecule has 1 aliphatic rings. The van der Waals surface area contributed by atoms with E-state index < -0.39 is 0 Å². The van der Waals surface area contributed by atoms with Crippen LogP contribution in [0.5, 0.6) is 0 Å². The number of nitrogens with one attached hydrogen (secondary N) is 2. The lowest BCUT2D eigenvalue weighted by Crippen LogP contribution is -2.06. The van der Waals surface area contributed by atoms with Crippen molar-refractivity contribution in [2.75, 3.05) is 12.4 Å².